The van der Waals surface area contributed by atoms with Crippen LogP contribution < -0.4 is 5.56 Å². The summed E-state index contributed by atoms with van der Waals surface area (Å²) in [7, 11) is 0. The molecule has 4 aromatic rings. The van der Waals surface area contributed by atoms with Gasteiger partial charge in [0.25, 0.3) is 5.56 Å². The van der Waals surface area contributed by atoms with E-state index in [0.717, 1.165) is 12.0 Å². The Balaban J connectivity index is 1.55. The van der Waals surface area contributed by atoms with E-state index in [1.807, 2.05) is 68.4 Å². The van der Waals surface area contributed by atoms with Gasteiger partial charge in [-0.05, 0) is 44.5 Å². The van der Waals surface area contributed by atoms with Crippen molar-refractivity contribution in [1.82, 2.24) is 19.7 Å². The normalized spacial score (nSPS) is 11.5. The highest BCUT2D eigenvalue weighted by molar-refractivity contribution is 7.98. The molecular weight excluding hydrogens is 412 g/mol. The first-order valence-corrected chi connectivity index (χ1v) is 11.2. The Bertz CT molecular complexity index is 1200. The van der Waals surface area contributed by atoms with Crippen LogP contribution in [-0.2, 0) is 17.0 Å². The predicted molar refractivity (Wildman–Crippen MR) is 121 cm³/mol. The molecule has 0 bridgehead atoms. The number of aromatic nitrogens is 4. The molecule has 0 aliphatic carbocycles. The van der Waals surface area contributed by atoms with Crippen LogP contribution in [0, 0.1) is 0 Å². The molecule has 0 radical (unpaired) electrons. The molecule has 31 heavy (non-hydrogen) atoms. The molecule has 4 rings (SSSR count). The monoisotopic (exact) mass is 436 g/mol. The van der Waals surface area contributed by atoms with E-state index in [9.17, 15) is 4.79 Å². The lowest BCUT2D eigenvalue weighted by atomic mass is 10.2. The first-order valence-electron chi connectivity index (χ1n) is 10.2. The van der Waals surface area contributed by atoms with E-state index in [-0.39, 0.29) is 11.7 Å². The number of para-hydroxylation sites is 1. The van der Waals surface area contributed by atoms with Crippen LogP contribution in [0.25, 0.3) is 22.4 Å². The van der Waals surface area contributed by atoms with Gasteiger partial charge >= 0.3 is 0 Å². The van der Waals surface area contributed by atoms with Crippen LogP contribution in [0.1, 0.15) is 26.2 Å². The van der Waals surface area contributed by atoms with Gasteiger partial charge in [-0.25, -0.2) is 4.98 Å². The van der Waals surface area contributed by atoms with Crippen LogP contribution in [0.2, 0.25) is 0 Å². The summed E-state index contributed by atoms with van der Waals surface area (Å²) in [5.41, 5.74) is 1.51. The Morgan fingerprint density at radius 1 is 1.06 bits per heavy atom. The molecule has 0 spiro atoms. The highest BCUT2D eigenvalue weighted by Crippen LogP contribution is 2.24. The molecular formula is C23H24N4O3S. The molecule has 0 saturated carbocycles. The highest BCUT2D eigenvalue weighted by Gasteiger charge is 2.14. The number of nitrogens with zero attached hydrogens (tertiary/aromatic N) is 4. The van der Waals surface area contributed by atoms with Crippen molar-refractivity contribution >= 4 is 22.7 Å². The molecule has 0 saturated heterocycles. The van der Waals surface area contributed by atoms with Crippen molar-refractivity contribution in [3.8, 4) is 11.5 Å². The number of ether oxygens (including phenoxy) is 1. The van der Waals surface area contributed by atoms with Gasteiger partial charge in [-0.3, -0.25) is 9.36 Å². The van der Waals surface area contributed by atoms with E-state index in [0.29, 0.717) is 46.7 Å². The van der Waals surface area contributed by atoms with Gasteiger partial charge < -0.3 is 9.15 Å². The van der Waals surface area contributed by atoms with E-state index >= 15 is 0 Å². The molecule has 2 aromatic heterocycles. The van der Waals surface area contributed by atoms with Gasteiger partial charge in [0.15, 0.2) is 5.16 Å². The zero-order chi connectivity index (χ0) is 21.6. The summed E-state index contributed by atoms with van der Waals surface area (Å²) >= 11 is 1.42. The second-order valence-electron chi connectivity index (χ2n) is 7.30. The SMILES string of the molecule is CC(C)OCCCn1c(SCc2nnc(-c3ccccc3)o2)nc2ccccc2c1=O. The second kappa shape index (κ2) is 9.89. The number of fused-ring (bicyclic) bond motifs is 1. The molecule has 0 fully saturated rings. The molecule has 0 atom stereocenters. The van der Waals surface area contributed by atoms with Crippen LogP contribution in [0.15, 0.2) is 69.0 Å². The Morgan fingerprint density at radius 3 is 2.65 bits per heavy atom. The Kier molecular flexibility index (Phi) is 6.79. The summed E-state index contributed by atoms with van der Waals surface area (Å²) in [6, 6.07) is 17.0. The molecule has 2 heterocycles. The van der Waals surface area contributed by atoms with Gasteiger partial charge in [0, 0.05) is 18.7 Å². The molecule has 0 aliphatic rings. The summed E-state index contributed by atoms with van der Waals surface area (Å²) in [5.74, 6) is 1.39. The van der Waals surface area contributed by atoms with E-state index in [1.54, 1.807) is 4.57 Å². The fourth-order valence-electron chi connectivity index (χ4n) is 3.13. The molecule has 160 valence electrons. The minimum Gasteiger partial charge on any atom is -0.420 e. The largest absolute Gasteiger partial charge is 0.420 e. The Morgan fingerprint density at radius 2 is 1.84 bits per heavy atom. The third-order valence-electron chi connectivity index (χ3n) is 4.62. The highest BCUT2D eigenvalue weighted by atomic mass is 32.2. The van der Waals surface area contributed by atoms with Crippen molar-refractivity contribution in [3.05, 3.63) is 70.8 Å². The fraction of sp³-hybridized carbons (Fsp3) is 0.304. The van der Waals surface area contributed by atoms with Crippen molar-refractivity contribution in [1.29, 1.82) is 0 Å². The number of thioether (sulfide) groups is 1. The van der Waals surface area contributed by atoms with Gasteiger partial charge in [-0.15, -0.1) is 10.2 Å². The van der Waals surface area contributed by atoms with Gasteiger partial charge in [0.2, 0.25) is 11.8 Å². The molecule has 0 unspecified atom stereocenters. The summed E-state index contributed by atoms with van der Waals surface area (Å²) in [6.07, 6.45) is 0.890. The maximum atomic E-state index is 13.1. The summed E-state index contributed by atoms with van der Waals surface area (Å²) in [6.45, 7) is 5.12. The third kappa shape index (κ3) is 5.21. The molecule has 8 heteroatoms. The van der Waals surface area contributed by atoms with Gasteiger partial charge in [-0.1, -0.05) is 42.1 Å². The maximum absolute atomic E-state index is 13.1. The standard InChI is InChI=1S/C23H24N4O3S/c1-16(2)29-14-8-13-27-22(28)18-11-6-7-12-19(18)24-23(27)31-15-20-25-26-21(30-20)17-9-4-3-5-10-17/h3-7,9-12,16H,8,13-15H2,1-2H3. The lowest BCUT2D eigenvalue weighted by Gasteiger charge is -2.13. The lowest BCUT2D eigenvalue weighted by molar-refractivity contribution is 0.0743. The summed E-state index contributed by atoms with van der Waals surface area (Å²) in [4.78, 5) is 17.8. The summed E-state index contributed by atoms with van der Waals surface area (Å²) in [5, 5.41) is 9.52. The number of benzene rings is 2. The first-order chi connectivity index (χ1) is 15.1. The smallest absolute Gasteiger partial charge is 0.262 e. The first kappa shape index (κ1) is 21.3. The average Bonchev–Trinajstić information content (AvgIpc) is 3.26. The summed E-state index contributed by atoms with van der Waals surface area (Å²) < 4.78 is 13.1. The zero-order valence-corrected chi connectivity index (χ0v) is 18.3. The van der Waals surface area contributed by atoms with Crippen molar-refractivity contribution in [2.24, 2.45) is 0 Å². The number of hydrogen-bond donors (Lipinski definition) is 0. The minimum atomic E-state index is -0.0480. The third-order valence-corrected chi connectivity index (χ3v) is 5.58. The van der Waals surface area contributed by atoms with Gasteiger partial charge in [0.05, 0.1) is 22.8 Å². The number of rotatable bonds is 9. The maximum Gasteiger partial charge on any atom is 0.262 e. The fourth-order valence-corrected chi connectivity index (χ4v) is 3.99. The molecule has 0 N–H and O–H groups in total. The van der Waals surface area contributed by atoms with Crippen molar-refractivity contribution in [2.45, 2.75) is 43.8 Å². The quantitative estimate of drug-likeness (QED) is 0.216. The van der Waals surface area contributed by atoms with Crippen LogP contribution in [-0.4, -0.2) is 32.5 Å². The molecule has 0 amide bonds. The molecule has 7 nitrogen and oxygen atoms in total. The van der Waals surface area contributed by atoms with Crippen molar-refractivity contribution in [2.75, 3.05) is 6.61 Å². The van der Waals surface area contributed by atoms with Crippen molar-refractivity contribution in [3.63, 3.8) is 0 Å². The zero-order valence-electron chi connectivity index (χ0n) is 17.5. The Hall–Kier alpha value is -2.97. The topological polar surface area (TPSA) is 83.0 Å². The van der Waals surface area contributed by atoms with Crippen LogP contribution in [0.3, 0.4) is 0 Å². The second-order valence-corrected chi connectivity index (χ2v) is 8.24. The van der Waals surface area contributed by atoms with Crippen molar-refractivity contribution < 1.29 is 9.15 Å². The molecule has 2 aromatic carbocycles. The molecule has 0 aliphatic heterocycles. The van der Waals surface area contributed by atoms with Crippen LogP contribution >= 0.6 is 11.8 Å². The Labute approximate surface area is 184 Å². The van der Waals surface area contributed by atoms with Crippen LogP contribution in [0.5, 0.6) is 0 Å². The number of hydrogen-bond acceptors (Lipinski definition) is 7. The van der Waals surface area contributed by atoms with Gasteiger partial charge in [-0.2, -0.15) is 0 Å². The van der Waals surface area contributed by atoms with E-state index < -0.39 is 0 Å². The van der Waals surface area contributed by atoms with Crippen LogP contribution in [0.4, 0.5) is 0 Å². The minimum absolute atomic E-state index is 0.0480. The van der Waals surface area contributed by atoms with E-state index in [4.69, 9.17) is 14.1 Å². The average molecular weight is 437 g/mol. The van der Waals surface area contributed by atoms with Gasteiger partial charge in [0.1, 0.15) is 0 Å². The predicted octanol–water partition coefficient (Wildman–Crippen LogP) is 4.55. The van der Waals surface area contributed by atoms with E-state index in [2.05, 4.69) is 10.2 Å². The lowest BCUT2D eigenvalue weighted by Crippen LogP contribution is -2.24. The van der Waals surface area contributed by atoms with E-state index in [1.165, 1.54) is 11.8 Å².